The number of ether oxygens (including phenoxy) is 4. The van der Waals surface area contributed by atoms with Gasteiger partial charge in [0.05, 0.1) is 17.5 Å². The van der Waals surface area contributed by atoms with Crippen LogP contribution in [0.3, 0.4) is 0 Å². The van der Waals surface area contributed by atoms with Gasteiger partial charge in [-0.2, -0.15) is 0 Å². The van der Waals surface area contributed by atoms with Gasteiger partial charge in [0.1, 0.15) is 12.2 Å². The first kappa shape index (κ1) is 50.9. The van der Waals surface area contributed by atoms with E-state index in [2.05, 4.69) is 24.1 Å². The molecule has 0 fully saturated rings. The molecule has 0 aromatic heterocycles. The minimum absolute atomic E-state index is 0.137. The summed E-state index contributed by atoms with van der Waals surface area (Å²) < 4.78 is 23.5. The maximum atomic E-state index is 13.9. The number of carbonyl (C=O) groups is 5. The van der Waals surface area contributed by atoms with Crippen LogP contribution < -0.4 is 16.4 Å². The smallest absolute Gasteiger partial charge is 0.405 e. The lowest BCUT2D eigenvalue weighted by Crippen LogP contribution is -2.40. The highest BCUT2D eigenvalue weighted by atomic mass is 16.6. The summed E-state index contributed by atoms with van der Waals surface area (Å²) in [6.07, 6.45) is 21.4. The van der Waals surface area contributed by atoms with Gasteiger partial charge in [0.15, 0.2) is 6.10 Å². The molecule has 0 spiro atoms. The third kappa shape index (κ3) is 18.2. The van der Waals surface area contributed by atoms with Crippen molar-refractivity contribution in [2.75, 3.05) is 20.8 Å². The summed E-state index contributed by atoms with van der Waals surface area (Å²) in [5.74, 6) is -2.54. The van der Waals surface area contributed by atoms with Crippen LogP contribution in [-0.2, 0) is 38.1 Å². The topological polar surface area (TPSA) is 172 Å². The molecule has 2 aliphatic rings. The number of ketones is 2. The summed E-state index contributed by atoms with van der Waals surface area (Å²) in [5.41, 5.74) is 6.58. The number of hydrogen-bond donors (Lipinski definition) is 3. The zero-order chi connectivity index (χ0) is 43.7. The van der Waals surface area contributed by atoms with E-state index < -0.39 is 53.9 Å². The fraction of sp³-hybridized carbons (Fsp3) is 0.638. The second kappa shape index (κ2) is 28.2. The number of nitrogens with two attached hydrogens (primary N) is 1. The molecule has 0 saturated carbocycles. The number of hydrogen-bond acceptors (Lipinski definition) is 10. The molecule has 0 aromatic rings. The summed E-state index contributed by atoms with van der Waals surface area (Å²) >= 11 is 0. The first-order chi connectivity index (χ1) is 28.3. The van der Waals surface area contributed by atoms with Crippen LogP contribution in [0.4, 0.5) is 4.79 Å². The number of amides is 2. The third-order valence-electron chi connectivity index (χ3n) is 10.9. The second-order valence-electron chi connectivity index (χ2n) is 16.1. The van der Waals surface area contributed by atoms with Crippen molar-refractivity contribution in [3.63, 3.8) is 0 Å². The van der Waals surface area contributed by atoms with Crippen LogP contribution in [0.15, 0.2) is 71.1 Å². The second-order valence-corrected chi connectivity index (χ2v) is 16.1. The van der Waals surface area contributed by atoms with Gasteiger partial charge in [-0.05, 0) is 44.6 Å². The Labute approximate surface area is 353 Å². The Morgan fingerprint density at radius 2 is 1.53 bits per heavy atom. The molecule has 1 aliphatic carbocycles. The number of fused-ring (bicyclic) bond motifs is 2. The van der Waals surface area contributed by atoms with Gasteiger partial charge in [-0.3, -0.25) is 19.2 Å². The van der Waals surface area contributed by atoms with Gasteiger partial charge in [-0.1, -0.05) is 128 Å². The fourth-order valence-corrected chi connectivity index (χ4v) is 7.62. The first-order valence-corrected chi connectivity index (χ1v) is 21.7. The predicted molar refractivity (Wildman–Crippen MR) is 232 cm³/mol. The molecular weight excluding hydrogens is 751 g/mol. The number of carbonyl (C=O) groups excluding carboxylic acids is 5. The van der Waals surface area contributed by atoms with E-state index in [0.29, 0.717) is 18.4 Å². The lowest BCUT2D eigenvalue weighted by molar-refractivity contribution is -0.160. The standard InChI is InChI=1S/C47H73N3O9/c1-9-11-12-13-14-15-16-17-18-19-20-21-22-26-41(52)58-45-35(6)30-34(5)44(59-47(48)55)39(56-7)25-23-24-33(4)46(54)50-37-31-38(51)42(49-27-10-2)36(43(37)53)28-32(3)29-40(45)57-8/h10,23-25,30-32,35,39-40,44-45,49H,2,9,11-22,26-29H2,1,3-8H3,(H2,48,55)(H,50,54)/b25-23-,33-24+,34-30+/t32-,35+,39+,40+,44+,45+/m1/s1. The van der Waals surface area contributed by atoms with Gasteiger partial charge in [-0.15, -0.1) is 6.58 Å². The molecule has 0 saturated heterocycles. The van der Waals surface area contributed by atoms with Crippen molar-refractivity contribution in [2.24, 2.45) is 17.6 Å². The summed E-state index contributed by atoms with van der Waals surface area (Å²) in [4.78, 5) is 66.2. The minimum atomic E-state index is -1.01. The molecule has 330 valence electrons. The van der Waals surface area contributed by atoms with Crippen molar-refractivity contribution in [2.45, 2.75) is 162 Å². The Kier molecular flexibility index (Phi) is 24.3. The zero-order valence-corrected chi connectivity index (χ0v) is 36.9. The highest BCUT2D eigenvalue weighted by Crippen LogP contribution is 2.30. The van der Waals surface area contributed by atoms with Crippen molar-refractivity contribution in [1.82, 2.24) is 10.6 Å². The van der Waals surface area contributed by atoms with E-state index in [1.54, 1.807) is 39.2 Å². The van der Waals surface area contributed by atoms with E-state index >= 15 is 0 Å². The molecule has 59 heavy (non-hydrogen) atoms. The maximum Gasteiger partial charge on any atom is 0.405 e. The number of primary amides is 1. The predicted octanol–water partition coefficient (Wildman–Crippen LogP) is 8.57. The molecule has 2 rings (SSSR count). The molecule has 6 atom stereocenters. The summed E-state index contributed by atoms with van der Waals surface area (Å²) in [6, 6.07) is 0. The van der Waals surface area contributed by atoms with Crippen molar-refractivity contribution in [3.8, 4) is 0 Å². The van der Waals surface area contributed by atoms with Crippen molar-refractivity contribution >= 4 is 29.5 Å². The molecule has 0 radical (unpaired) electrons. The molecular formula is C47H73N3O9. The SMILES string of the molecule is C=CCNC1=C2C[C@@H](C)C[C@H](OC)[C@@H](OC(=O)CCCCCCCCCCCCCCC)[C@@H](C)/C=C(\C)[C@H](OC(N)=O)[C@@H](OC)/C=C\C=C(/C)C(=O)NC(=CC1=O)C2=O. The van der Waals surface area contributed by atoms with Crippen molar-refractivity contribution < 1.29 is 42.9 Å². The van der Waals surface area contributed by atoms with Crippen molar-refractivity contribution in [1.29, 1.82) is 0 Å². The average Bonchev–Trinajstić information content (AvgIpc) is 3.19. The number of unbranched alkanes of at least 4 members (excludes halogenated alkanes) is 12. The molecule has 2 bridgehead atoms. The maximum absolute atomic E-state index is 13.9. The van der Waals surface area contributed by atoms with Gasteiger partial charge in [0.2, 0.25) is 11.6 Å². The average molecular weight is 824 g/mol. The number of allylic oxidation sites excluding steroid dienone is 4. The van der Waals surface area contributed by atoms with E-state index in [4.69, 9.17) is 24.7 Å². The largest absolute Gasteiger partial charge is 0.459 e. The van der Waals surface area contributed by atoms with E-state index in [0.717, 1.165) is 25.3 Å². The fourth-order valence-electron chi connectivity index (χ4n) is 7.62. The first-order valence-electron chi connectivity index (χ1n) is 21.7. The summed E-state index contributed by atoms with van der Waals surface area (Å²) in [6.45, 7) is 13.4. The van der Waals surface area contributed by atoms with Crippen LogP contribution in [-0.4, -0.2) is 74.7 Å². The molecule has 1 aliphatic heterocycles. The van der Waals surface area contributed by atoms with Crippen LogP contribution in [0.1, 0.15) is 137 Å². The number of Topliss-reactive ketones (excluding diaryl/α,β-unsaturated/α-hetero) is 1. The highest BCUT2D eigenvalue weighted by molar-refractivity contribution is 6.23. The highest BCUT2D eigenvalue weighted by Gasteiger charge is 2.35. The number of rotatable bonds is 21. The molecule has 2 amide bonds. The van der Waals surface area contributed by atoms with E-state index in [1.165, 1.54) is 71.0 Å². The van der Waals surface area contributed by atoms with Gasteiger partial charge >= 0.3 is 12.1 Å². The Bertz CT molecular complexity index is 1560. The lowest BCUT2D eigenvalue weighted by atomic mass is 9.85. The van der Waals surface area contributed by atoms with Gasteiger partial charge in [-0.25, -0.2) is 4.79 Å². The summed E-state index contributed by atoms with van der Waals surface area (Å²) in [5, 5.41) is 5.63. The number of nitrogens with one attached hydrogen (secondary N) is 2. The van der Waals surface area contributed by atoms with Crippen LogP contribution in [0.5, 0.6) is 0 Å². The van der Waals surface area contributed by atoms with E-state index in [9.17, 15) is 24.0 Å². The Morgan fingerprint density at radius 1 is 0.915 bits per heavy atom. The Balaban J connectivity index is 2.38. The van der Waals surface area contributed by atoms with Crippen LogP contribution in [0.25, 0.3) is 0 Å². The molecule has 12 nitrogen and oxygen atoms in total. The quantitative estimate of drug-likeness (QED) is 0.0441. The Morgan fingerprint density at radius 3 is 2.08 bits per heavy atom. The van der Waals surface area contributed by atoms with E-state index in [1.807, 2.05) is 19.9 Å². The Hall–Kier alpha value is -4.29. The molecule has 0 unspecified atom stereocenters. The van der Waals surface area contributed by atoms with E-state index in [-0.39, 0.29) is 53.8 Å². The minimum Gasteiger partial charge on any atom is -0.459 e. The van der Waals surface area contributed by atoms with Gasteiger partial charge in [0.25, 0.3) is 5.91 Å². The van der Waals surface area contributed by atoms with Crippen LogP contribution in [0, 0.1) is 11.8 Å². The van der Waals surface area contributed by atoms with Gasteiger partial charge < -0.3 is 35.3 Å². The lowest BCUT2D eigenvalue weighted by Gasteiger charge is -2.32. The molecule has 4 N–H and O–H groups in total. The van der Waals surface area contributed by atoms with Gasteiger partial charge in [0, 0.05) is 50.3 Å². The third-order valence-corrected chi connectivity index (χ3v) is 10.9. The summed E-state index contributed by atoms with van der Waals surface area (Å²) in [7, 11) is 3.00. The number of methoxy groups -OCH3 is 2. The van der Waals surface area contributed by atoms with Crippen molar-refractivity contribution in [3.05, 3.63) is 71.1 Å². The molecule has 1 heterocycles. The van der Waals surface area contributed by atoms with Crippen LogP contribution in [0.2, 0.25) is 0 Å². The monoisotopic (exact) mass is 824 g/mol. The normalized spacial score (nSPS) is 25.8. The molecule has 0 aromatic carbocycles. The zero-order valence-electron chi connectivity index (χ0n) is 36.9. The molecule has 12 heteroatoms. The van der Waals surface area contributed by atoms with Crippen LogP contribution >= 0.6 is 0 Å². The number of esters is 1.